The first-order valence-electron chi connectivity index (χ1n) is 7.68. The van der Waals surface area contributed by atoms with Crippen LogP contribution in [-0.2, 0) is 19.4 Å². The van der Waals surface area contributed by atoms with Gasteiger partial charge in [0.05, 0.1) is 0 Å². The monoisotopic (exact) mass is 265 g/mol. The third kappa shape index (κ3) is 2.72. The van der Waals surface area contributed by atoms with Crippen molar-refractivity contribution in [3.63, 3.8) is 0 Å². The molecule has 0 unspecified atom stereocenters. The summed E-state index contributed by atoms with van der Waals surface area (Å²) in [5.74, 6) is 0. The lowest BCUT2D eigenvalue weighted by Crippen LogP contribution is -2.30. The van der Waals surface area contributed by atoms with E-state index in [0.29, 0.717) is 0 Å². The highest BCUT2D eigenvalue weighted by molar-refractivity contribution is 5.51. The Labute approximate surface area is 122 Å². The van der Waals surface area contributed by atoms with Crippen LogP contribution in [0.1, 0.15) is 35.6 Å². The van der Waals surface area contributed by atoms with Gasteiger partial charge in [-0.1, -0.05) is 49.2 Å². The average Bonchev–Trinajstić information content (AvgIpc) is 2.48. The van der Waals surface area contributed by atoms with Crippen molar-refractivity contribution in [3.05, 3.63) is 64.7 Å². The van der Waals surface area contributed by atoms with Gasteiger partial charge in [0.15, 0.2) is 0 Å². The SMILES string of the molecule is CCCc1ccc(N2CCc3cc(C)ccc3C2)cc1. The number of benzene rings is 2. The van der Waals surface area contributed by atoms with E-state index in [0.717, 1.165) is 19.5 Å². The zero-order chi connectivity index (χ0) is 13.9. The van der Waals surface area contributed by atoms with Crippen LogP contribution in [0.3, 0.4) is 0 Å². The average molecular weight is 265 g/mol. The van der Waals surface area contributed by atoms with Gasteiger partial charge in [0.2, 0.25) is 0 Å². The van der Waals surface area contributed by atoms with Crippen LogP contribution >= 0.6 is 0 Å². The maximum Gasteiger partial charge on any atom is 0.0432 e. The van der Waals surface area contributed by atoms with Gasteiger partial charge in [-0.05, 0) is 48.6 Å². The van der Waals surface area contributed by atoms with Crippen molar-refractivity contribution in [3.8, 4) is 0 Å². The van der Waals surface area contributed by atoms with Crippen molar-refractivity contribution in [2.75, 3.05) is 11.4 Å². The molecular weight excluding hydrogens is 242 g/mol. The lowest BCUT2D eigenvalue weighted by Gasteiger charge is -2.31. The predicted octanol–water partition coefficient (Wildman–Crippen LogP) is 4.51. The first kappa shape index (κ1) is 13.2. The summed E-state index contributed by atoms with van der Waals surface area (Å²) in [6.07, 6.45) is 3.56. The van der Waals surface area contributed by atoms with Gasteiger partial charge in [0.25, 0.3) is 0 Å². The van der Waals surface area contributed by atoms with Crippen LogP contribution in [0.25, 0.3) is 0 Å². The van der Waals surface area contributed by atoms with E-state index in [9.17, 15) is 0 Å². The van der Waals surface area contributed by atoms with E-state index in [1.807, 2.05) is 0 Å². The number of hydrogen-bond acceptors (Lipinski definition) is 1. The zero-order valence-corrected chi connectivity index (χ0v) is 12.5. The Bertz CT molecular complexity index is 583. The van der Waals surface area contributed by atoms with E-state index >= 15 is 0 Å². The summed E-state index contributed by atoms with van der Waals surface area (Å²) >= 11 is 0. The molecule has 0 aromatic heterocycles. The van der Waals surface area contributed by atoms with Gasteiger partial charge < -0.3 is 4.90 Å². The van der Waals surface area contributed by atoms with Crippen LogP contribution < -0.4 is 4.90 Å². The molecule has 3 rings (SSSR count). The van der Waals surface area contributed by atoms with Crippen LogP contribution in [0.15, 0.2) is 42.5 Å². The minimum absolute atomic E-state index is 1.04. The second-order valence-electron chi connectivity index (χ2n) is 5.86. The number of rotatable bonds is 3. The van der Waals surface area contributed by atoms with Crippen molar-refractivity contribution >= 4 is 5.69 Å². The Morgan fingerprint density at radius 2 is 1.80 bits per heavy atom. The third-order valence-electron chi connectivity index (χ3n) is 4.21. The van der Waals surface area contributed by atoms with Gasteiger partial charge in [-0.25, -0.2) is 0 Å². The van der Waals surface area contributed by atoms with E-state index in [2.05, 4.69) is 61.2 Å². The van der Waals surface area contributed by atoms with Crippen molar-refractivity contribution in [2.45, 2.75) is 39.7 Å². The molecule has 0 atom stereocenters. The normalized spacial score (nSPS) is 14.2. The summed E-state index contributed by atoms with van der Waals surface area (Å²) in [6, 6.07) is 16.0. The number of anilines is 1. The Morgan fingerprint density at radius 1 is 1.00 bits per heavy atom. The summed E-state index contributed by atoms with van der Waals surface area (Å²) < 4.78 is 0. The number of nitrogens with zero attached hydrogens (tertiary/aromatic N) is 1. The van der Waals surface area contributed by atoms with Crippen molar-refractivity contribution < 1.29 is 0 Å². The van der Waals surface area contributed by atoms with Crippen molar-refractivity contribution in [1.29, 1.82) is 0 Å². The molecule has 0 spiro atoms. The molecule has 0 radical (unpaired) electrons. The molecule has 0 bridgehead atoms. The minimum Gasteiger partial charge on any atom is -0.367 e. The lowest BCUT2D eigenvalue weighted by molar-refractivity contribution is 0.730. The van der Waals surface area contributed by atoms with E-state index in [1.165, 1.54) is 40.8 Å². The summed E-state index contributed by atoms with van der Waals surface area (Å²) in [7, 11) is 0. The molecule has 0 aliphatic carbocycles. The Morgan fingerprint density at radius 3 is 2.55 bits per heavy atom. The third-order valence-corrected chi connectivity index (χ3v) is 4.21. The molecule has 0 fully saturated rings. The molecular formula is C19H23N. The Balaban J connectivity index is 1.77. The summed E-state index contributed by atoms with van der Waals surface area (Å²) in [4.78, 5) is 2.49. The van der Waals surface area contributed by atoms with Gasteiger partial charge in [-0.2, -0.15) is 0 Å². The maximum atomic E-state index is 2.49. The molecule has 20 heavy (non-hydrogen) atoms. The fourth-order valence-corrected chi connectivity index (χ4v) is 3.06. The van der Waals surface area contributed by atoms with Crippen molar-refractivity contribution in [2.24, 2.45) is 0 Å². The van der Waals surface area contributed by atoms with Crippen LogP contribution in [0.4, 0.5) is 5.69 Å². The fraction of sp³-hybridized carbons (Fsp3) is 0.368. The molecule has 0 saturated carbocycles. The van der Waals surface area contributed by atoms with Crippen LogP contribution in [-0.4, -0.2) is 6.54 Å². The predicted molar refractivity (Wildman–Crippen MR) is 86.4 cm³/mol. The zero-order valence-electron chi connectivity index (χ0n) is 12.5. The van der Waals surface area contributed by atoms with Gasteiger partial charge >= 0.3 is 0 Å². The molecule has 0 N–H and O–H groups in total. The van der Waals surface area contributed by atoms with Crippen LogP contribution in [0, 0.1) is 6.92 Å². The molecule has 104 valence electrons. The highest BCUT2D eigenvalue weighted by atomic mass is 15.1. The molecule has 2 aromatic carbocycles. The van der Waals surface area contributed by atoms with Crippen LogP contribution in [0.5, 0.6) is 0 Å². The largest absolute Gasteiger partial charge is 0.367 e. The molecule has 0 saturated heterocycles. The first-order valence-corrected chi connectivity index (χ1v) is 7.68. The maximum absolute atomic E-state index is 2.49. The Kier molecular flexibility index (Phi) is 3.77. The number of fused-ring (bicyclic) bond motifs is 1. The number of aryl methyl sites for hydroxylation is 2. The summed E-state index contributed by atoms with van der Waals surface area (Å²) in [5, 5.41) is 0. The number of hydrogen-bond donors (Lipinski definition) is 0. The highest BCUT2D eigenvalue weighted by Crippen LogP contribution is 2.25. The second-order valence-corrected chi connectivity index (χ2v) is 5.86. The van der Waals surface area contributed by atoms with Gasteiger partial charge in [0.1, 0.15) is 0 Å². The molecule has 1 aliphatic heterocycles. The lowest BCUT2D eigenvalue weighted by atomic mass is 9.97. The molecule has 0 amide bonds. The highest BCUT2D eigenvalue weighted by Gasteiger charge is 2.16. The Hall–Kier alpha value is -1.76. The van der Waals surface area contributed by atoms with Crippen molar-refractivity contribution in [1.82, 2.24) is 0 Å². The molecule has 2 aromatic rings. The van der Waals surface area contributed by atoms with Gasteiger partial charge in [-0.3, -0.25) is 0 Å². The van der Waals surface area contributed by atoms with Gasteiger partial charge in [0, 0.05) is 18.8 Å². The van der Waals surface area contributed by atoms with E-state index in [-0.39, 0.29) is 0 Å². The first-order chi connectivity index (χ1) is 9.76. The molecule has 1 heterocycles. The summed E-state index contributed by atoms with van der Waals surface area (Å²) in [5.41, 5.74) is 7.20. The van der Waals surface area contributed by atoms with E-state index in [1.54, 1.807) is 0 Å². The van der Waals surface area contributed by atoms with Crippen LogP contribution in [0.2, 0.25) is 0 Å². The smallest absolute Gasteiger partial charge is 0.0432 e. The summed E-state index contributed by atoms with van der Waals surface area (Å²) in [6.45, 7) is 6.59. The topological polar surface area (TPSA) is 3.24 Å². The minimum atomic E-state index is 1.04. The van der Waals surface area contributed by atoms with E-state index in [4.69, 9.17) is 0 Å². The fourth-order valence-electron chi connectivity index (χ4n) is 3.06. The molecule has 1 aliphatic rings. The molecule has 1 heteroatoms. The van der Waals surface area contributed by atoms with E-state index < -0.39 is 0 Å². The second kappa shape index (κ2) is 5.70. The molecule has 1 nitrogen and oxygen atoms in total. The quantitative estimate of drug-likeness (QED) is 0.789. The van der Waals surface area contributed by atoms with Gasteiger partial charge in [-0.15, -0.1) is 0 Å². The standard InChI is InChI=1S/C19H23N/c1-3-4-16-6-9-19(10-7-16)20-12-11-17-13-15(2)5-8-18(17)14-20/h5-10,13H,3-4,11-12,14H2,1-2H3.